The second kappa shape index (κ2) is 8.12. The summed E-state index contributed by atoms with van der Waals surface area (Å²) >= 11 is 0. The first kappa shape index (κ1) is 19.2. The molecule has 0 spiro atoms. The number of hydrogen-bond acceptors (Lipinski definition) is 5. The Balaban J connectivity index is 2.54. The van der Waals surface area contributed by atoms with E-state index in [9.17, 15) is 19.4 Å². The third-order valence-corrected chi connectivity index (χ3v) is 2.99. The van der Waals surface area contributed by atoms with E-state index in [2.05, 4.69) is 5.32 Å². The maximum atomic E-state index is 13.7. The molecule has 0 bridgehead atoms. The minimum atomic E-state index is -1.43. The van der Waals surface area contributed by atoms with Crippen molar-refractivity contribution in [3.63, 3.8) is 0 Å². The molecule has 130 valence electrons. The number of hydrogen-bond donors (Lipinski definition) is 3. The van der Waals surface area contributed by atoms with Crippen LogP contribution in [0.1, 0.15) is 38.9 Å². The number of halogens is 1. The van der Waals surface area contributed by atoms with Crippen LogP contribution in [0.5, 0.6) is 5.75 Å². The zero-order valence-corrected chi connectivity index (χ0v) is 13.8. The fraction of sp³-hybridized carbons (Fsp3) is 0.562. The lowest BCUT2D eigenvalue weighted by atomic mass is 10.0. The topological polar surface area (TPSA) is 88.0 Å². The molecule has 1 aromatic carbocycles. The first-order chi connectivity index (χ1) is 10.6. The second-order valence-electron chi connectivity index (χ2n) is 6.12. The second-order valence-corrected chi connectivity index (χ2v) is 6.12. The van der Waals surface area contributed by atoms with Crippen molar-refractivity contribution < 1.29 is 28.9 Å². The number of benzene rings is 1. The number of ether oxygens (including phenoxy) is 2. The van der Waals surface area contributed by atoms with Crippen LogP contribution >= 0.6 is 0 Å². The molecule has 0 saturated heterocycles. The van der Waals surface area contributed by atoms with Gasteiger partial charge in [-0.1, -0.05) is 0 Å². The summed E-state index contributed by atoms with van der Waals surface area (Å²) in [4.78, 5) is 11.5. The first-order valence-electron chi connectivity index (χ1n) is 7.30. The zero-order chi connectivity index (χ0) is 17.6. The van der Waals surface area contributed by atoms with Crippen molar-refractivity contribution in [2.45, 2.75) is 45.0 Å². The quantitative estimate of drug-likeness (QED) is 0.744. The first-order valence-corrected chi connectivity index (χ1v) is 7.30. The lowest BCUT2D eigenvalue weighted by Crippen LogP contribution is -2.34. The van der Waals surface area contributed by atoms with Gasteiger partial charge in [-0.2, -0.15) is 0 Å². The highest BCUT2D eigenvalue weighted by molar-refractivity contribution is 5.67. The van der Waals surface area contributed by atoms with E-state index in [-0.39, 0.29) is 18.5 Å². The van der Waals surface area contributed by atoms with Crippen molar-refractivity contribution in [1.82, 2.24) is 5.32 Å². The minimum absolute atomic E-state index is 0.0387. The lowest BCUT2D eigenvalue weighted by molar-refractivity contribution is 0.0103. The highest BCUT2D eigenvalue weighted by Crippen LogP contribution is 2.25. The predicted octanol–water partition coefficient (Wildman–Crippen LogP) is 2.14. The van der Waals surface area contributed by atoms with Gasteiger partial charge >= 0.3 is 6.09 Å². The van der Waals surface area contributed by atoms with E-state index in [1.807, 2.05) is 0 Å². The SMILES string of the molecule is COc1ccc(F)c(C(O)C(O)CCNC(=O)OC(C)(C)C)c1. The van der Waals surface area contributed by atoms with Crippen molar-refractivity contribution in [1.29, 1.82) is 0 Å². The molecule has 23 heavy (non-hydrogen) atoms. The molecule has 7 heteroatoms. The lowest BCUT2D eigenvalue weighted by Gasteiger charge is -2.21. The number of alkyl carbamates (subject to hydrolysis) is 1. The van der Waals surface area contributed by atoms with E-state index in [0.29, 0.717) is 5.75 Å². The van der Waals surface area contributed by atoms with Gasteiger partial charge in [-0.25, -0.2) is 9.18 Å². The van der Waals surface area contributed by atoms with E-state index < -0.39 is 29.7 Å². The predicted molar refractivity (Wildman–Crippen MR) is 82.8 cm³/mol. The molecule has 2 unspecified atom stereocenters. The summed E-state index contributed by atoms with van der Waals surface area (Å²) in [6, 6.07) is 3.90. The Morgan fingerprint density at radius 2 is 2.00 bits per heavy atom. The van der Waals surface area contributed by atoms with Gasteiger partial charge in [0.1, 0.15) is 23.3 Å². The summed E-state index contributed by atoms with van der Waals surface area (Å²) in [5.74, 6) is -0.267. The molecule has 0 aliphatic carbocycles. The molecule has 1 aromatic rings. The molecule has 0 heterocycles. The van der Waals surface area contributed by atoms with Gasteiger partial charge in [0.2, 0.25) is 0 Å². The van der Waals surface area contributed by atoms with E-state index in [1.54, 1.807) is 20.8 Å². The van der Waals surface area contributed by atoms with Crippen LogP contribution in [-0.4, -0.2) is 41.7 Å². The normalized spacial score (nSPS) is 14.0. The van der Waals surface area contributed by atoms with Crippen molar-refractivity contribution in [2.24, 2.45) is 0 Å². The smallest absolute Gasteiger partial charge is 0.407 e. The maximum Gasteiger partial charge on any atom is 0.407 e. The molecular formula is C16H24FNO5. The molecule has 0 aliphatic rings. The fourth-order valence-corrected chi connectivity index (χ4v) is 1.88. The maximum absolute atomic E-state index is 13.7. The summed E-state index contributed by atoms with van der Waals surface area (Å²) in [6.45, 7) is 5.28. The van der Waals surface area contributed by atoms with Crippen molar-refractivity contribution >= 4 is 6.09 Å². The van der Waals surface area contributed by atoms with E-state index in [1.165, 1.54) is 19.2 Å². The Kier molecular flexibility index (Phi) is 6.78. The van der Waals surface area contributed by atoms with Gasteiger partial charge in [0.15, 0.2) is 0 Å². The van der Waals surface area contributed by atoms with Crippen LogP contribution in [0.25, 0.3) is 0 Å². The van der Waals surface area contributed by atoms with Crippen molar-refractivity contribution in [3.8, 4) is 5.75 Å². The van der Waals surface area contributed by atoms with E-state index in [4.69, 9.17) is 9.47 Å². The Morgan fingerprint density at radius 1 is 1.35 bits per heavy atom. The Labute approximate surface area is 135 Å². The van der Waals surface area contributed by atoms with Gasteiger partial charge in [0, 0.05) is 12.1 Å². The Hall–Kier alpha value is -1.86. The average molecular weight is 329 g/mol. The number of aliphatic hydroxyl groups is 2. The summed E-state index contributed by atoms with van der Waals surface area (Å²) in [7, 11) is 1.42. The third-order valence-electron chi connectivity index (χ3n) is 2.99. The van der Waals surface area contributed by atoms with Crippen LogP contribution in [0, 0.1) is 5.82 Å². The van der Waals surface area contributed by atoms with Crippen LogP contribution in [0.3, 0.4) is 0 Å². The Bertz CT molecular complexity index is 530. The molecule has 0 aromatic heterocycles. The molecule has 0 aliphatic heterocycles. The van der Waals surface area contributed by atoms with Crippen LogP contribution in [0.2, 0.25) is 0 Å². The number of amides is 1. The van der Waals surface area contributed by atoms with Gasteiger partial charge in [0.05, 0.1) is 13.2 Å². The standard InChI is InChI=1S/C16H24FNO5/c1-16(2,3)23-15(21)18-8-7-13(19)14(20)11-9-10(22-4)5-6-12(11)17/h5-6,9,13-14,19-20H,7-8H2,1-4H3,(H,18,21). The molecular weight excluding hydrogens is 305 g/mol. The molecule has 1 rings (SSSR count). The molecule has 6 nitrogen and oxygen atoms in total. The van der Waals surface area contributed by atoms with Crippen molar-refractivity contribution in [3.05, 3.63) is 29.6 Å². The number of methoxy groups -OCH3 is 1. The summed E-state index contributed by atoms with van der Waals surface area (Å²) in [5.41, 5.74) is -0.680. The molecule has 3 N–H and O–H groups in total. The van der Waals surface area contributed by atoms with Gasteiger partial charge in [0.25, 0.3) is 0 Å². The highest BCUT2D eigenvalue weighted by atomic mass is 19.1. The summed E-state index contributed by atoms with van der Waals surface area (Å²) < 4.78 is 23.7. The number of rotatable bonds is 6. The molecule has 0 saturated carbocycles. The van der Waals surface area contributed by atoms with Crippen LogP contribution in [-0.2, 0) is 4.74 Å². The van der Waals surface area contributed by atoms with Crippen LogP contribution < -0.4 is 10.1 Å². The molecule has 0 radical (unpaired) electrons. The van der Waals surface area contributed by atoms with Gasteiger partial charge in [-0.05, 0) is 45.4 Å². The summed E-state index contributed by atoms with van der Waals surface area (Å²) in [6.07, 6.45) is -3.25. The average Bonchev–Trinajstić information content (AvgIpc) is 2.45. The molecule has 1 amide bonds. The van der Waals surface area contributed by atoms with E-state index >= 15 is 0 Å². The van der Waals surface area contributed by atoms with Gasteiger partial charge in [-0.15, -0.1) is 0 Å². The minimum Gasteiger partial charge on any atom is -0.497 e. The number of nitrogens with one attached hydrogen (secondary N) is 1. The van der Waals surface area contributed by atoms with E-state index in [0.717, 1.165) is 6.07 Å². The monoisotopic (exact) mass is 329 g/mol. The Morgan fingerprint density at radius 3 is 2.57 bits per heavy atom. The van der Waals surface area contributed by atoms with Gasteiger partial charge in [-0.3, -0.25) is 0 Å². The van der Waals surface area contributed by atoms with Gasteiger partial charge < -0.3 is 25.0 Å². The number of carbonyl (C=O) groups excluding carboxylic acids is 1. The molecule has 2 atom stereocenters. The third kappa shape index (κ3) is 6.42. The van der Waals surface area contributed by atoms with Crippen LogP contribution in [0.4, 0.5) is 9.18 Å². The van der Waals surface area contributed by atoms with Crippen molar-refractivity contribution in [2.75, 3.05) is 13.7 Å². The number of aliphatic hydroxyl groups excluding tert-OH is 2. The largest absolute Gasteiger partial charge is 0.497 e. The number of carbonyl (C=O) groups is 1. The van der Waals surface area contributed by atoms with Crippen LogP contribution in [0.15, 0.2) is 18.2 Å². The fourth-order valence-electron chi connectivity index (χ4n) is 1.88. The molecule has 0 fully saturated rings. The summed E-state index contributed by atoms with van der Waals surface area (Å²) in [5, 5.41) is 22.5. The highest BCUT2D eigenvalue weighted by Gasteiger charge is 2.23. The zero-order valence-electron chi connectivity index (χ0n) is 13.8.